The molecule has 1 heterocycles. The van der Waals surface area contributed by atoms with E-state index in [0.29, 0.717) is 0 Å². The Balaban J connectivity index is 1.89. The van der Waals surface area contributed by atoms with Crippen molar-refractivity contribution in [1.82, 2.24) is 5.32 Å². The number of ether oxygens (including phenoxy) is 2. The molecule has 0 bridgehead atoms. The van der Waals surface area contributed by atoms with Gasteiger partial charge >= 0.3 is 0 Å². The van der Waals surface area contributed by atoms with Crippen LogP contribution < -0.4 is 5.32 Å². The van der Waals surface area contributed by atoms with Crippen molar-refractivity contribution in [3.63, 3.8) is 0 Å². The zero-order chi connectivity index (χ0) is 11.4. The lowest BCUT2D eigenvalue weighted by atomic mass is 9.78. The number of hydrogen-bond donors (Lipinski definition) is 1. The summed E-state index contributed by atoms with van der Waals surface area (Å²) in [5.74, 6) is 0.807. The summed E-state index contributed by atoms with van der Waals surface area (Å²) in [6.07, 6.45) is 5.35. The zero-order valence-electron chi connectivity index (χ0n) is 10.6. The van der Waals surface area contributed by atoms with Crippen LogP contribution in [0.4, 0.5) is 0 Å². The van der Waals surface area contributed by atoms with Crippen molar-refractivity contribution >= 4 is 0 Å². The van der Waals surface area contributed by atoms with Crippen molar-refractivity contribution in [2.75, 3.05) is 26.3 Å². The quantitative estimate of drug-likeness (QED) is 0.799. The van der Waals surface area contributed by atoms with Gasteiger partial charge in [0, 0.05) is 19.7 Å². The van der Waals surface area contributed by atoms with Crippen molar-refractivity contribution < 1.29 is 9.47 Å². The van der Waals surface area contributed by atoms with Gasteiger partial charge in [0.2, 0.25) is 0 Å². The minimum absolute atomic E-state index is 0.109. The second-order valence-electron chi connectivity index (χ2n) is 5.41. The summed E-state index contributed by atoms with van der Waals surface area (Å²) in [5.41, 5.74) is 0.109. The lowest BCUT2D eigenvalue weighted by Gasteiger charge is -2.45. The molecule has 1 aliphatic carbocycles. The van der Waals surface area contributed by atoms with Gasteiger partial charge < -0.3 is 14.8 Å². The van der Waals surface area contributed by atoms with Gasteiger partial charge in [0.05, 0.1) is 18.3 Å². The van der Waals surface area contributed by atoms with E-state index in [1.165, 1.54) is 25.7 Å². The molecule has 3 nitrogen and oxygen atoms in total. The van der Waals surface area contributed by atoms with E-state index in [4.69, 9.17) is 9.47 Å². The maximum absolute atomic E-state index is 6.30. The molecular formula is C13H25NO2. The molecule has 94 valence electrons. The summed E-state index contributed by atoms with van der Waals surface area (Å²) in [5, 5.41) is 3.52. The summed E-state index contributed by atoms with van der Waals surface area (Å²) >= 11 is 0. The number of nitrogens with one attached hydrogen (secondary N) is 1. The fourth-order valence-electron chi connectivity index (χ4n) is 3.12. The molecule has 0 amide bonds. The third kappa shape index (κ3) is 2.96. The largest absolute Gasteiger partial charge is 0.379 e. The first-order chi connectivity index (χ1) is 7.74. The molecule has 0 aromatic carbocycles. The van der Waals surface area contributed by atoms with Gasteiger partial charge in [-0.15, -0.1) is 0 Å². The summed E-state index contributed by atoms with van der Waals surface area (Å²) in [7, 11) is 0. The first kappa shape index (κ1) is 12.3. The Morgan fingerprint density at radius 3 is 3.12 bits per heavy atom. The molecule has 16 heavy (non-hydrogen) atoms. The maximum atomic E-state index is 6.30. The zero-order valence-corrected chi connectivity index (χ0v) is 10.6. The van der Waals surface area contributed by atoms with Crippen molar-refractivity contribution in [2.24, 2.45) is 5.92 Å². The van der Waals surface area contributed by atoms with Crippen LogP contribution in [-0.4, -0.2) is 38.0 Å². The molecule has 1 saturated carbocycles. The van der Waals surface area contributed by atoms with Gasteiger partial charge in [-0.05, 0) is 25.7 Å². The smallest absolute Gasteiger partial charge is 0.0940 e. The molecule has 2 rings (SSSR count). The topological polar surface area (TPSA) is 30.5 Å². The van der Waals surface area contributed by atoms with Crippen LogP contribution in [0.2, 0.25) is 0 Å². The fraction of sp³-hybridized carbons (Fsp3) is 1.00. The minimum atomic E-state index is 0.109. The van der Waals surface area contributed by atoms with E-state index in [-0.39, 0.29) is 11.7 Å². The third-order valence-electron chi connectivity index (χ3n) is 3.79. The van der Waals surface area contributed by atoms with Crippen LogP contribution in [-0.2, 0) is 9.47 Å². The molecule has 0 radical (unpaired) electrons. The Morgan fingerprint density at radius 2 is 2.38 bits per heavy atom. The van der Waals surface area contributed by atoms with E-state index >= 15 is 0 Å². The Labute approximate surface area is 98.9 Å². The number of morpholine rings is 1. The van der Waals surface area contributed by atoms with Gasteiger partial charge in [0.25, 0.3) is 0 Å². The molecule has 1 aliphatic heterocycles. The van der Waals surface area contributed by atoms with Crippen molar-refractivity contribution in [2.45, 2.75) is 51.2 Å². The summed E-state index contributed by atoms with van der Waals surface area (Å²) in [6, 6.07) is 0. The molecule has 3 unspecified atom stereocenters. The molecule has 2 aliphatic rings. The van der Waals surface area contributed by atoms with Crippen LogP contribution in [0.3, 0.4) is 0 Å². The molecule has 1 saturated heterocycles. The van der Waals surface area contributed by atoms with Crippen LogP contribution in [0.25, 0.3) is 0 Å². The normalized spacial score (nSPS) is 40.1. The lowest BCUT2D eigenvalue weighted by molar-refractivity contribution is -0.158. The average Bonchev–Trinajstić information content (AvgIpc) is 2.26. The molecule has 3 heteroatoms. The third-order valence-corrected chi connectivity index (χ3v) is 3.79. The molecule has 0 aromatic rings. The van der Waals surface area contributed by atoms with Gasteiger partial charge in [-0.2, -0.15) is 0 Å². The SMILES string of the molecule is CCOCC1CNCC2(CCCC(C)C2)O1. The molecule has 1 N–H and O–H groups in total. The first-order valence-electron chi connectivity index (χ1n) is 6.70. The van der Waals surface area contributed by atoms with Crippen molar-refractivity contribution in [3.05, 3.63) is 0 Å². The molecular weight excluding hydrogens is 202 g/mol. The van der Waals surface area contributed by atoms with E-state index < -0.39 is 0 Å². The van der Waals surface area contributed by atoms with Gasteiger partial charge in [-0.25, -0.2) is 0 Å². The van der Waals surface area contributed by atoms with Gasteiger partial charge in [-0.1, -0.05) is 19.8 Å². The molecule has 1 spiro atoms. The lowest BCUT2D eigenvalue weighted by Crippen LogP contribution is -2.56. The van der Waals surface area contributed by atoms with Gasteiger partial charge in [0.1, 0.15) is 0 Å². The Kier molecular flexibility index (Phi) is 4.22. The Morgan fingerprint density at radius 1 is 1.50 bits per heavy atom. The van der Waals surface area contributed by atoms with Crippen molar-refractivity contribution in [1.29, 1.82) is 0 Å². The standard InChI is InChI=1S/C13H25NO2/c1-3-15-9-12-8-14-10-13(16-12)6-4-5-11(2)7-13/h11-12,14H,3-10H2,1-2H3. The second kappa shape index (κ2) is 5.48. The molecule has 0 aromatic heterocycles. The number of hydrogen-bond acceptors (Lipinski definition) is 3. The highest BCUT2D eigenvalue weighted by molar-refractivity contribution is 4.93. The summed E-state index contributed by atoms with van der Waals surface area (Å²) in [6.45, 7) is 7.87. The van der Waals surface area contributed by atoms with Crippen molar-refractivity contribution in [3.8, 4) is 0 Å². The summed E-state index contributed by atoms with van der Waals surface area (Å²) < 4.78 is 11.8. The second-order valence-corrected chi connectivity index (χ2v) is 5.41. The molecule has 2 fully saturated rings. The fourth-order valence-corrected chi connectivity index (χ4v) is 3.12. The highest BCUT2D eigenvalue weighted by Gasteiger charge is 2.40. The average molecular weight is 227 g/mol. The monoisotopic (exact) mass is 227 g/mol. The van der Waals surface area contributed by atoms with Crippen LogP contribution in [0.15, 0.2) is 0 Å². The first-order valence-corrected chi connectivity index (χ1v) is 6.70. The van der Waals surface area contributed by atoms with E-state index in [9.17, 15) is 0 Å². The predicted molar refractivity (Wildman–Crippen MR) is 64.6 cm³/mol. The van der Waals surface area contributed by atoms with Crippen LogP contribution in [0.5, 0.6) is 0 Å². The van der Waals surface area contributed by atoms with E-state index in [1.807, 2.05) is 6.92 Å². The predicted octanol–water partition coefficient (Wildman–Crippen LogP) is 1.96. The van der Waals surface area contributed by atoms with E-state index in [2.05, 4.69) is 12.2 Å². The minimum Gasteiger partial charge on any atom is -0.379 e. The van der Waals surface area contributed by atoms with Crippen LogP contribution >= 0.6 is 0 Å². The maximum Gasteiger partial charge on any atom is 0.0940 e. The summed E-state index contributed by atoms with van der Waals surface area (Å²) in [4.78, 5) is 0. The Bertz CT molecular complexity index is 218. The highest BCUT2D eigenvalue weighted by Crippen LogP contribution is 2.36. The van der Waals surface area contributed by atoms with E-state index in [0.717, 1.165) is 32.2 Å². The van der Waals surface area contributed by atoms with Crippen LogP contribution in [0, 0.1) is 5.92 Å². The van der Waals surface area contributed by atoms with Gasteiger partial charge in [0.15, 0.2) is 0 Å². The van der Waals surface area contributed by atoms with Gasteiger partial charge in [-0.3, -0.25) is 0 Å². The van der Waals surface area contributed by atoms with E-state index in [1.54, 1.807) is 0 Å². The van der Waals surface area contributed by atoms with Crippen LogP contribution in [0.1, 0.15) is 39.5 Å². The highest BCUT2D eigenvalue weighted by atomic mass is 16.5. The number of rotatable bonds is 3. The molecule has 3 atom stereocenters. The Hall–Kier alpha value is -0.120.